The zero-order valence-corrected chi connectivity index (χ0v) is 14.0. The van der Waals surface area contributed by atoms with Gasteiger partial charge in [-0.15, -0.1) is 0 Å². The molecule has 3 heteroatoms. The first-order valence-corrected chi connectivity index (χ1v) is 8.51. The van der Waals surface area contributed by atoms with E-state index in [0.717, 1.165) is 42.4 Å². The van der Waals surface area contributed by atoms with E-state index in [1.54, 1.807) is 0 Å². The Kier molecular flexibility index (Phi) is 3.73. The summed E-state index contributed by atoms with van der Waals surface area (Å²) in [6.07, 6.45) is 3.65. The Labute approximate surface area is 142 Å². The molecule has 1 aliphatic heterocycles. The maximum atomic E-state index is 13.4. The summed E-state index contributed by atoms with van der Waals surface area (Å²) >= 11 is 0. The highest BCUT2D eigenvalue weighted by Gasteiger charge is 2.43. The highest BCUT2D eigenvalue weighted by molar-refractivity contribution is 6.03. The van der Waals surface area contributed by atoms with E-state index in [9.17, 15) is 4.79 Å². The number of nitrogens with one attached hydrogen (secondary N) is 1. The largest absolute Gasteiger partial charge is 0.361 e. The number of likely N-dealkylation sites (tertiary alicyclic amines) is 1. The van der Waals surface area contributed by atoms with Gasteiger partial charge in [-0.3, -0.25) is 4.79 Å². The van der Waals surface area contributed by atoms with Crippen molar-refractivity contribution in [2.45, 2.75) is 12.8 Å². The Hall–Kier alpha value is -2.39. The van der Waals surface area contributed by atoms with Crippen LogP contribution < -0.4 is 0 Å². The number of rotatable bonds is 4. The van der Waals surface area contributed by atoms with Crippen molar-refractivity contribution in [3.8, 4) is 0 Å². The zero-order valence-electron chi connectivity index (χ0n) is 14.0. The summed E-state index contributed by atoms with van der Waals surface area (Å²) < 4.78 is 0. The maximum Gasteiger partial charge on any atom is 0.170 e. The summed E-state index contributed by atoms with van der Waals surface area (Å²) in [5, 5.41) is 1.10. The van der Waals surface area contributed by atoms with Crippen molar-refractivity contribution in [2.75, 3.05) is 20.1 Å². The van der Waals surface area contributed by atoms with Crippen LogP contribution >= 0.6 is 0 Å². The summed E-state index contributed by atoms with van der Waals surface area (Å²) in [5.41, 5.74) is 2.82. The molecule has 1 unspecified atom stereocenters. The molecule has 2 aromatic carbocycles. The quantitative estimate of drug-likeness (QED) is 0.740. The van der Waals surface area contributed by atoms with Crippen LogP contribution in [0.3, 0.4) is 0 Å². The number of hydrogen-bond donors (Lipinski definition) is 1. The average molecular weight is 318 g/mol. The van der Waals surface area contributed by atoms with Gasteiger partial charge in [0.15, 0.2) is 5.78 Å². The van der Waals surface area contributed by atoms with E-state index in [1.807, 2.05) is 36.5 Å². The minimum Gasteiger partial charge on any atom is -0.361 e. The molecule has 0 saturated carbocycles. The van der Waals surface area contributed by atoms with Crippen molar-refractivity contribution in [3.05, 3.63) is 71.9 Å². The number of aromatic amines is 1. The van der Waals surface area contributed by atoms with Gasteiger partial charge in [-0.25, -0.2) is 0 Å². The molecule has 24 heavy (non-hydrogen) atoms. The van der Waals surface area contributed by atoms with Crippen LogP contribution in [0.15, 0.2) is 60.8 Å². The fourth-order valence-corrected chi connectivity index (χ4v) is 3.98. The molecule has 0 aliphatic carbocycles. The summed E-state index contributed by atoms with van der Waals surface area (Å²) in [7, 11) is 2.11. The van der Waals surface area contributed by atoms with Gasteiger partial charge >= 0.3 is 0 Å². The smallest absolute Gasteiger partial charge is 0.170 e. The molecular formula is C21H22N2O. The maximum absolute atomic E-state index is 13.4. The topological polar surface area (TPSA) is 36.1 Å². The molecule has 1 saturated heterocycles. The van der Waals surface area contributed by atoms with E-state index < -0.39 is 0 Å². The third-order valence-electron chi connectivity index (χ3n) is 5.23. The van der Waals surface area contributed by atoms with Gasteiger partial charge in [-0.2, -0.15) is 0 Å². The summed E-state index contributed by atoms with van der Waals surface area (Å²) in [6.45, 7) is 1.80. The SMILES string of the molecule is CN1CCC(Cc2ccccc2)(C(=O)c2ccc3[nH]ccc3c2)C1. The highest BCUT2D eigenvalue weighted by atomic mass is 16.1. The molecule has 1 atom stereocenters. The second-order valence-corrected chi connectivity index (χ2v) is 7.04. The summed E-state index contributed by atoms with van der Waals surface area (Å²) in [4.78, 5) is 18.9. The fourth-order valence-electron chi connectivity index (χ4n) is 3.98. The number of Topliss-reactive ketones (excluding diaryl/α,β-unsaturated/α-hetero) is 1. The van der Waals surface area contributed by atoms with Crippen LogP contribution in [0, 0.1) is 5.41 Å². The molecule has 3 nitrogen and oxygen atoms in total. The van der Waals surface area contributed by atoms with Crippen LogP contribution in [-0.2, 0) is 6.42 Å². The van der Waals surface area contributed by atoms with Crippen molar-refractivity contribution in [1.29, 1.82) is 0 Å². The van der Waals surface area contributed by atoms with E-state index in [0.29, 0.717) is 0 Å². The van der Waals surface area contributed by atoms with Gasteiger partial charge in [0, 0.05) is 29.2 Å². The van der Waals surface area contributed by atoms with Gasteiger partial charge in [-0.1, -0.05) is 30.3 Å². The molecule has 2 heterocycles. The normalized spacial score (nSPS) is 21.4. The van der Waals surface area contributed by atoms with Crippen LogP contribution in [0.2, 0.25) is 0 Å². The lowest BCUT2D eigenvalue weighted by Crippen LogP contribution is -2.36. The van der Waals surface area contributed by atoms with Gasteiger partial charge in [0.2, 0.25) is 0 Å². The van der Waals surface area contributed by atoms with Crippen LogP contribution in [0.25, 0.3) is 10.9 Å². The molecule has 1 aliphatic rings. The zero-order chi connectivity index (χ0) is 16.6. The van der Waals surface area contributed by atoms with Crippen LogP contribution in [0.5, 0.6) is 0 Å². The first kappa shape index (κ1) is 15.2. The monoisotopic (exact) mass is 318 g/mol. The molecule has 1 aromatic heterocycles. The Morgan fingerprint density at radius 1 is 1.17 bits per heavy atom. The molecule has 4 rings (SSSR count). The number of hydrogen-bond acceptors (Lipinski definition) is 2. The van der Waals surface area contributed by atoms with E-state index >= 15 is 0 Å². The Morgan fingerprint density at radius 3 is 2.75 bits per heavy atom. The standard InChI is InChI=1S/C21H22N2O/c1-23-12-10-21(15-23,14-16-5-3-2-4-6-16)20(24)18-7-8-19-17(13-18)9-11-22-19/h2-9,11,13,22H,10,12,14-15H2,1H3. The predicted octanol–water partition coefficient (Wildman–Crippen LogP) is 3.92. The van der Waals surface area contributed by atoms with Gasteiger partial charge in [0.1, 0.15) is 0 Å². The molecular weight excluding hydrogens is 296 g/mol. The van der Waals surface area contributed by atoms with E-state index in [1.165, 1.54) is 5.56 Å². The first-order valence-electron chi connectivity index (χ1n) is 8.51. The van der Waals surface area contributed by atoms with Gasteiger partial charge in [-0.05, 0) is 56.3 Å². The number of H-pyrrole nitrogens is 1. The van der Waals surface area contributed by atoms with Crippen molar-refractivity contribution in [2.24, 2.45) is 5.41 Å². The lowest BCUT2D eigenvalue weighted by Gasteiger charge is -2.28. The van der Waals surface area contributed by atoms with Crippen LogP contribution in [0.1, 0.15) is 22.3 Å². The fraction of sp³-hybridized carbons (Fsp3) is 0.286. The van der Waals surface area contributed by atoms with Crippen LogP contribution in [0.4, 0.5) is 0 Å². The van der Waals surface area contributed by atoms with Crippen molar-refractivity contribution < 1.29 is 4.79 Å². The number of benzene rings is 2. The number of carbonyl (C=O) groups excluding carboxylic acids is 1. The van der Waals surface area contributed by atoms with Crippen molar-refractivity contribution in [1.82, 2.24) is 9.88 Å². The molecule has 122 valence electrons. The minimum atomic E-state index is -0.319. The molecule has 3 aromatic rings. The lowest BCUT2D eigenvalue weighted by atomic mass is 9.74. The Morgan fingerprint density at radius 2 is 2.00 bits per heavy atom. The number of ketones is 1. The third kappa shape index (κ3) is 2.65. The molecule has 1 fully saturated rings. The summed E-state index contributed by atoms with van der Waals surface area (Å²) in [6, 6.07) is 18.4. The van der Waals surface area contributed by atoms with Crippen molar-refractivity contribution >= 4 is 16.7 Å². The van der Waals surface area contributed by atoms with E-state index in [-0.39, 0.29) is 11.2 Å². The predicted molar refractivity (Wildman–Crippen MR) is 97.3 cm³/mol. The van der Waals surface area contributed by atoms with Crippen molar-refractivity contribution in [3.63, 3.8) is 0 Å². The molecule has 0 amide bonds. The van der Waals surface area contributed by atoms with E-state index in [2.05, 4.69) is 41.2 Å². The second kappa shape index (κ2) is 5.91. The number of nitrogens with zero attached hydrogens (tertiary/aromatic N) is 1. The number of aromatic nitrogens is 1. The van der Waals surface area contributed by atoms with Gasteiger partial charge < -0.3 is 9.88 Å². The molecule has 0 bridgehead atoms. The lowest BCUT2D eigenvalue weighted by molar-refractivity contribution is 0.0802. The van der Waals surface area contributed by atoms with Crippen LogP contribution in [-0.4, -0.2) is 35.8 Å². The second-order valence-electron chi connectivity index (χ2n) is 7.04. The molecule has 0 radical (unpaired) electrons. The minimum absolute atomic E-state index is 0.277. The number of carbonyl (C=O) groups is 1. The summed E-state index contributed by atoms with van der Waals surface area (Å²) in [5.74, 6) is 0.277. The first-order chi connectivity index (χ1) is 11.7. The highest BCUT2D eigenvalue weighted by Crippen LogP contribution is 2.37. The van der Waals surface area contributed by atoms with Gasteiger partial charge in [0.05, 0.1) is 5.41 Å². The van der Waals surface area contributed by atoms with E-state index in [4.69, 9.17) is 0 Å². The van der Waals surface area contributed by atoms with Gasteiger partial charge in [0.25, 0.3) is 0 Å². The average Bonchev–Trinajstić information content (AvgIpc) is 3.21. The third-order valence-corrected chi connectivity index (χ3v) is 5.23. The number of fused-ring (bicyclic) bond motifs is 1. The molecule has 1 N–H and O–H groups in total. The molecule has 0 spiro atoms. The Bertz CT molecular complexity index is 868. The Balaban J connectivity index is 1.71.